The van der Waals surface area contributed by atoms with Crippen molar-refractivity contribution in [3.8, 4) is 5.75 Å². The Morgan fingerprint density at radius 3 is 2.29 bits per heavy atom. The second kappa shape index (κ2) is 5.66. The molecule has 0 radical (unpaired) electrons. The summed E-state index contributed by atoms with van der Waals surface area (Å²) in [4.78, 5) is 22.9. The molecule has 3 N–H and O–H groups in total. The molecule has 0 spiro atoms. The van der Waals surface area contributed by atoms with Crippen LogP contribution in [-0.2, 0) is 0 Å². The molecule has 0 bridgehead atoms. The third-order valence-electron chi connectivity index (χ3n) is 3.26. The number of anilines is 1. The van der Waals surface area contributed by atoms with E-state index in [0.29, 0.717) is 11.3 Å². The van der Waals surface area contributed by atoms with Crippen molar-refractivity contribution in [2.75, 3.05) is 5.32 Å². The van der Waals surface area contributed by atoms with E-state index in [-0.39, 0.29) is 17.2 Å². The molecule has 2 aromatic carbocycles. The second-order valence-electron chi connectivity index (χ2n) is 4.79. The van der Waals surface area contributed by atoms with Crippen LogP contribution < -0.4 is 5.32 Å². The van der Waals surface area contributed by atoms with Gasteiger partial charge in [0, 0.05) is 17.3 Å². The molecule has 0 atom stereocenters. The molecule has 0 aliphatic carbocycles. The molecule has 2 aromatic rings. The minimum atomic E-state index is -1.22. The van der Waals surface area contributed by atoms with Gasteiger partial charge in [-0.05, 0) is 49.2 Å². The van der Waals surface area contributed by atoms with Gasteiger partial charge in [0.05, 0.1) is 0 Å². The zero-order valence-electron chi connectivity index (χ0n) is 11.7. The second-order valence-corrected chi connectivity index (χ2v) is 4.79. The molecule has 0 aliphatic heterocycles. The lowest BCUT2D eigenvalue weighted by Crippen LogP contribution is -2.12. The van der Waals surface area contributed by atoms with Crippen molar-refractivity contribution < 1.29 is 19.8 Å². The zero-order chi connectivity index (χ0) is 15.6. The number of aromatic hydroxyl groups is 1. The van der Waals surface area contributed by atoms with Crippen LogP contribution in [0.3, 0.4) is 0 Å². The van der Waals surface area contributed by atoms with E-state index in [1.165, 1.54) is 18.2 Å². The number of hydrogen-bond acceptors (Lipinski definition) is 3. The van der Waals surface area contributed by atoms with E-state index < -0.39 is 5.97 Å². The minimum absolute atomic E-state index is 0.209. The first kappa shape index (κ1) is 14.6. The third-order valence-corrected chi connectivity index (χ3v) is 3.26. The van der Waals surface area contributed by atoms with Gasteiger partial charge in [0.25, 0.3) is 5.91 Å². The first-order valence-corrected chi connectivity index (χ1v) is 6.33. The largest absolute Gasteiger partial charge is 0.507 e. The molecule has 0 aromatic heterocycles. The summed E-state index contributed by atoms with van der Waals surface area (Å²) in [5, 5.41) is 21.0. The van der Waals surface area contributed by atoms with Crippen molar-refractivity contribution in [1.29, 1.82) is 0 Å². The number of aryl methyl sites for hydroxylation is 2. The van der Waals surface area contributed by atoms with Crippen LogP contribution in [0, 0.1) is 13.8 Å². The summed E-state index contributed by atoms with van der Waals surface area (Å²) in [6.45, 7) is 3.87. The Morgan fingerprint density at radius 2 is 1.71 bits per heavy atom. The van der Waals surface area contributed by atoms with Crippen molar-refractivity contribution in [3.63, 3.8) is 0 Å². The van der Waals surface area contributed by atoms with Gasteiger partial charge in [-0.15, -0.1) is 0 Å². The maximum atomic E-state index is 12.1. The molecule has 2 rings (SSSR count). The van der Waals surface area contributed by atoms with Crippen LogP contribution in [0.2, 0.25) is 0 Å². The summed E-state index contributed by atoms with van der Waals surface area (Å²) in [5.41, 5.74) is 2.72. The fourth-order valence-electron chi connectivity index (χ4n) is 1.88. The van der Waals surface area contributed by atoms with E-state index in [2.05, 4.69) is 5.32 Å². The highest BCUT2D eigenvalue weighted by Gasteiger charge is 2.12. The topological polar surface area (TPSA) is 86.6 Å². The average molecular weight is 285 g/mol. The molecule has 0 saturated carbocycles. The highest BCUT2D eigenvalue weighted by molar-refractivity contribution is 6.04. The number of amides is 1. The van der Waals surface area contributed by atoms with Gasteiger partial charge in [0.2, 0.25) is 0 Å². The van der Waals surface area contributed by atoms with Gasteiger partial charge in [-0.25, -0.2) is 4.79 Å². The van der Waals surface area contributed by atoms with Crippen LogP contribution >= 0.6 is 0 Å². The minimum Gasteiger partial charge on any atom is -0.507 e. The number of carboxylic acid groups (broad SMARTS) is 1. The maximum Gasteiger partial charge on any atom is 0.339 e. The zero-order valence-corrected chi connectivity index (χ0v) is 11.7. The molecule has 21 heavy (non-hydrogen) atoms. The number of aromatic carboxylic acids is 1. The average Bonchev–Trinajstić information content (AvgIpc) is 2.41. The van der Waals surface area contributed by atoms with E-state index in [1.54, 1.807) is 12.1 Å². The molecule has 5 heteroatoms. The number of carboxylic acids is 1. The SMILES string of the molecule is Cc1ccc(C(=O)Nc2ccc(C(=O)O)c(O)c2)cc1C. The Hall–Kier alpha value is -2.82. The number of nitrogens with one attached hydrogen (secondary N) is 1. The van der Waals surface area contributed by atoms with Crippen LogP contribution in [0.4, 0.5) is 5.69 Å². The molecule has 0 aliphatic rings. The first-order valence-electron chi connectivity index (χ1n) is 6.33. The van der Waals surface area contributed by atoms with Crippen LogP contribution in [0.1, 0.15) is 31.8 Å². The molecular weight excluding hydrogens is 270 g/mol. The van der Waals surface area contributed by atoms with Gasteiger partial charge in [0.15, 0.2) is 0 Å². The fourth-order valence-corrected chi connectivity index (χ4v) is 1.88. The predicted octanol–water partition coefficient (Wildman–Crippen LogP) is 2.96. The Labute approximate surface area is 121 Å². The smallest absolute Gasteiger partial charge is 0.339 e. The van der Waals surface area contributed by atoms with Gasteiger partial charge in [-0.1, -0.05) is 6.07 Å². The van der Waals surface area contributed by atoms with Crippen LogP contribution in [-0.4, -0.2) is 22.1 Å². The van der Waals surface area contributed by atoms with Gasteiger partial charge in [0.1, 0.15) is 11.3 Å². The predicted molar refractivity (Wildman–Crippen MR) is 78.9 cm³/mol. The molecule has 1 amide bonds. The summed E-state index contributed by atoms with van der Waals surface area (Å²) in [6.07, 6.45) is 0. The Balaban J connectivity index is 2.21. The van der Waals surface area contributed by atoms with Crippen LogP contribution in [0.25, 0.3) is 0 Å². The highest BCUT2D eigenvalue weighted by atomic mass is 16.4. The highest BCUT2D eigenvalue weighted by Crippen LogP contribution is 2.22. The summed E-state index contributed by atoms with van der Waals surface area (Å²) in [5.74, 6) is -1.93. The van der Waals surface area contributed by atoms with E-state index in [0.717, 1.165) is 11.1 Å². The van der Waals surface area contributed by atoms with Crippen molar-refractivity contribution in [2.24, 2.45) is 0 Å². The van der Waals surface area contributed by atoms with Crippen LogP contribution in [0.15, 0.2) is 36.4 Å². The molecule has 0 unspecified atom stereocenters. The Morgan fingerprint density at radius 1 is 1.00 bits per heavy atom. The van der Waals surface area contributed by atoms with Gasteiger partial charge in [-0.3, -0.25) is 4.79 Å². The van der Waals surface area contributed by atoms with Crippen molar-refractivity contribution in [1.82, 2.24) is 0 Å². The number of hydrogen-bond donors (Lipinski definition) is 3. The summed E-state index contributed by atoms with van der Waals surface area (Å²) in [7, 11) is 0. The number of benzene rings is 2. The summed E-state index contributed by atoms with van der Waals surface area (Å²) >= 11 is 0. The molecule has 0 heterocycles. The van der Waals surface area contributed by atoms with E-state index in [4.69, 9.17) is 5.11 Å². The van der Waals surface area contributed by atoms with Gasteiger partial charge in [-0.2, -0.15) is 0 Å². The maximum absolute atomic E-state index is 12.1. The quantitative estimate of drug-likeness (QED) is 0.809. The lowest BCUT2D eigenvalue weighted by atomic mass is 10.1. The molecule has 108 valence electrons. The normalized spacial score (nSPS) is 10.2. The molecule has 0 fully saturated rings. The van der Waals surface area contributed by atoms with E-state index in [1.807, 2.05) is 19.9 Å². The lowest BCUT2D eigenvalue weighted by molar-refractivity contribution is 0.0693. The van der Waals surface area contributed by atoms with E-state index in [9.17, 15) is 14.7 Å². The molecule has 5 nitrogen and oxygen atoms in total. The molecule has 0 saturated heterocycles. The summed E-state index contributed by atoms with van der Waals surface area (Å²) < 4.78 is 0. The van der Waals surface area contributed by atoms with Crippen molar-refractivity contribution in [3.05, 3.63) is 58.7 Å². The van der Waals surface area contributed by atoms with Gasteiger partial charge >= 0.3 is 5.97 Å². The monoisotopic (exact) mass is 285 g/mol. The first-order chi connectivity index (χ1) is 9.88. The standard InChI is InChI=1S/C16H15NO4/c1-9-3-4-11(7-10(9)2)15(19)17-12-5-6-13(16(20)21)14(18)8-12/h3-8,18H,1-2H3,(H,17,19)(H,20,21). The number of phenols is 1. The third kappa shape index (κ3) is 3.20. The van der Waals surface area contributed by atoms with Crippen molar-refractivity contribution >= 4 is 17.6 Å². The van der Waals surface area contributed by atoms with Gasteiger partial charge < -0.3 is 15.5 Å². The number of rotatable bonds is 3. The van der Waals surface area contributed by atoms with E-state index >= 15 is 0 Å². The fraction of sp³-hybridized carbons (Fsp3) is 0.125. The Bertz CT molecular complexity index is 722. The Kier molecular flexibility index (Phi) is 3.93. The number of carbonyl (C=O) groups is 2. The summed E-state index contributed by atoms with van der Waals surface area (Å²) in [6, 6.07) is 9.23. The van der Waals surface area contributed by atoms with Crippen LogP contribution in [0.5, 0.6) is 5.75 Å². The van der Waals surface area contributed by atoms with Crippen molar-refractivity contribution in [2.45, 2.75) is 13.8 Å². The lowest BCUT2D eigenvalue weighted by Gasteiger charge is -2.08. The molecular formula is C16H15NO4. The number of carbonyl (C=O) groups excluding carboxylic acids is 1.